The van der Waals surface area contributed by atoms with E-state index in [-0.39, 0.29) is 12.0 Å². The highest BCUT2D eigenvalue weighted by molar-refractivity contribution is 5.96. The molecule has 1 saturated heterocycles. The predicted octanol–water partition coefficient (Wildman–Crippen LogP) is 1.19. The lowest BCUT2D eigenvalue weighted by molar-refractivity contribution is -0.0267. The fraction of sp³-hybridized carbons (Fsp3) is 0.571. The standard InChI is InChI=1S/C14H19N5O3/c1-4-10-12(8(2)22-18-10)14(20)19-5-6-21-11(7-19)13-15-9(3)16-17-13/h11H,4-7H2,1-3H3,(H,15,16,17). The molecule has 22 heavy (non-hydrogen) atoms. The van der Waals surface area contributed by atoms with E-state index in [9.17, 15) is 4.79 Å². The Morgan fingerprint density at radius 1 is 1.45 bits per heavy atom. The molecule has 2 aromatic heterocycles. The molecule has 1 N–H and O–H groups in total. The van der Waals surface area contributed by atoms with Gasteiger partial charge in [-0.25, -0.2) is 4.98 Å². The molecule has 8 heteroatoms. The Bertz CT molecular complexity index is 678. The quantitative estimate of drug-likeness (QED) is 0.914. The number of nitrogens with one attached hydrogen (secondary N) is 1. The van der Waals surface area contributed by atoms with Gasteiger partial charge in [0.25, 0.3) is 5.91 Å². The molecular weight excluding hydrogens is 286 g/mol. The molecule has 1 unspecified atom stereocenters. The zero-order chi connectivity index (χ0) is 15.7. The first-order chi connectivity index (χ1) is 10.6. The van der Waals surface area contributed by atoms with Crippen molar-refractivity contribution >= 4 is 5.91 Å². The number of H-pyrrole nitrogens is 1. The Labute approximate surface area is 127 Å². The maximum absolute atomic E-state index is 12.8. The monoisotopic (exact) mass is 305 g/mol. The number of morpholine rings is 1. The fourth-order valence-electron chi connectivity index (χ4n) is 2.59. The number of hydrogen-bond donors (Lipinski definition) is 1. The van der Waals surface area contributed by atoms with Crippen molar-refractivity contribution in [3.8, 4) is 0 Å². The van der Waals surface area contributed by atoms with Gasteiger partial charge in [-0.2, -0.15) is 5.10 Å². The van der Waals surface area contributed by atoms with Crippen LogP contribution in [0.4, 0.5) is 0 Å². The molecule has 3 rings (SSSR count). The van der Waals surface area contributed by atoms with Crippen LogP contribution in [0.1, 0.15) is 46.5 Å². The number of hydrogen-bond acceptors (Lipinski definition) is 6. The van der Waals surface area contributed by atoms with Gasteiger partial charge < -0.3 is 14.2 Å². The van der Waals surface area contributed by atoms with E-state index in [1.54, 1.807) is 11.8 Å². The van der Waals surface area contributed by atoms with E-state index >= 15 is 0 Å². The van der Waals surface area contributed by atoms with Crippen LogP contribution in [0.5, 0.6) is 0 Å². The molecule has 0 radical (unpaired) electrons. The smallest absolute Gasteiger partial charge is 0.259 e. The molecule has 1 atom stereocenters. The number of amides is 1. The van der Waals surface area contributed by atoms with E-state index in [4.69, 9.17) is 9.26 Å². The molecule has 3 heterocycles. The van der Waals surface area contributed by atoms with Crippen molar-refractivity contribution in [2.45, 2.75) is 33.3 Å². The van der Waals surface area contributed by atoms with Crippen molar-refractivity contribution in [3.05, 3.63) is 28.7 Å². The minimum Gasteiger partial charge on any atom is -0.366 e. The van der Waals surface area contributed by atoms with Crippen molar-refractivity contribution in [1.82, 2.24) is 25.2 Å². The number of rotatable bonds is 3. The number of ether oxygens (including phenoxy) is 1. The molecule has 0 spiro atoms. The minimum atomic E-state index is -0.312. The molecule has 1 aliphatic heterocycles. The number of aromatic amines is 1. The Hall–Kier alpha value is -2.22. The molecule has 2 aromatic rings. The van der Waals surface area contributed by atoms with Gasteiger partial charge in [-0.15, -0.1) is 0 Å². The second kappa shape index (κ2) is 5.88. The van der Waals surface area contributed by atoms with Crippen LogP contribution in [0.3, 0.4) is 0 Å². The zero-order valence-corrected chi connectivity index (χ0v) is 12.9. The van der Waals surface area contributed by atoms with Crippen LogP contribution in [0.25, 0.3) is 0 Å². The molecule has 1 amide bonds. The lowest BCUT2D eigenvalue weighted by Crippen LogP contribution is -2.43. The highest BCUT2D eigenvalue weighted by Gasteiger charge is 2.31. The van der Waals surface area contributed by atoms with Crippen LogP contribution in [0.2, 0.25) is 0 Å². The summed E-state index contributed by atoms with van der Waals surface area (Å²) in [5, 5.41) is 10.9. The number of nitrogens with zero attached hydrogens (tertiary/aromatic N) is 4. The number of carbonyl (C=O) groups excluding carboxylic acids is 1. The Balaban J connectivity index is 1.79. The average molecular weight is 305 g/mol. The second-order valence-corrected chi connectivity index (χ2v) is 5.30. The van der Waals surface area contributed by atoms with Gasteiger partial charge in [-0.3, -0.25) is 9.89 Å². The summed E-state index contributed by atoms with van der Waals surface area (Å²) in [7, 11) is 0. The van der Waals surface area contributed by atoms with Gasteiger partial charge in [0, 0.05) is 6.54 Å². The summed E-state index contributed by atoms with van der Waals surface area (Å²) in [6.07, 6.45) is 0.347. The predicted molar refractivity (Wildman–Crippen MR) is 76.3 cm³/mol. The topological polar surface area (TPSA) is 97.1 Å². The van der Waals surface area contributed by atoms with Gasteiger partial charge in [-0.1, -0.05) is 12.1 Å². The minimum absolute atomic E-state index is 0.0730. The number of carbonyl (C=O) groups is 1. The third kappa shape index (κ3) is 2.61. The third-order valence-electron chi connectivity index (χ3n) is 3.74. The van der Waals surface area contributed by atoms with Crippen molar-refractivity contribution in [2.75, 3.05) is 19.7 Å². The lowest BCUT2D eigenvalue weighted by Gasteiger charge is -2.31. The van der Waals surface area contributed by atoms with Gasteiger partial charge in [0.05, 0.1) is 18.8 Å². The van der Waals surface area contributed by atoms with Crippen LogP contribution in [-0.2, 0) is 11.2 Å². The summed E-state index contributed by atoms with van der Waals surface area (Å²) in [6, 6.07) is 0. The van der Waals surface area contributed by atoms with Crippen molar-refractivity contribution in [3.63, 3.8) is 0 Å². The molecule has 0 saturated carbocycles. The summed E-state index contributed by atoms with van der Waals surface area (Å²) in [5.41, 5.74) is 1.26. The van der Waals surface area contributed by atoms with E-state index in [0.29, 0.717) is 49.0 Å². The Morgan fingerprint density at radius 3 is 2.95 bits per heavy atom. The first kappa shape index (κ1) is 14.7. The molecular formula is C14H19N5O3. The first-order valence-electron chi connectivity index (χ1n) is 7.35. The molecule has 0 aromatic carbocycles. The van der Waals surface area contributed by atoms with Gasteiger partial charge >= 0.3 is 0 Å². The Kier molecular flexibility index (Phi) is 3.93. The largest absolute Gasteiger partial charge is 0.366 e. The summed E-state index contributed by atoms with van der Waals surface area (Å²) in [5.74, 6) is 1.78. The number of aromatic nitrogens is 4. The molecule has 0 aliphatic carbocycles. The molecule has 1 fully saturated rings. The molecule has 118 valence electrons. The highest BCUT2D eigenvalue weighted by atomic mass is 16.5. The normalized spacial score (nSPS) is 18.7. The van der Waals surface area contributed by atoms with E-state index in [1.807, 2.05) is 13.8 Å². The van der Waals surface area contributed by atoms with Crippen molar-refractivity contribution in [2.24, 2.45) is 0 Å². The van der Waals surface area contributed by atoms with E-state index < -0.39 is 0 Å². The van der Waals surface area contributed by atoms with Crippen molar-refractivity contribution in [1.29, 1.82) is 0 Å². The van der Waals surface area contributed by atoms with Crippen molar-refractivity contribution < 1.29 is 14.1 Å². The summed E-state index contributed by atoms with van der Waals surface area (Å²) >= 11 is 0. The SMILES string of the molecule is CCc1noc(C)c1C(=O)N1CCOC(c2n[nH]c(C)n2)C1. The summed E-state index contributed by atoms with van der Waals surface area (Å²) in [4.78, 5) is 18.8. The third-order valence-corrected chi connectivity index (χ3v) is 3.74. The Morgan fingerprint density at radius 2 is 2.27 bits per heavy atom. The van der Waals surface area contributed by atoms with Crippen LogP contribution in [0, 0.1) is 13.8 Å². The van der Waals surface area contributed by atoms with Crippen LogP contribution >= 0.6 is 0 Å². The van der Waals surface area contributed by atoms with Gasteiger partial charge in [0.1, 0.15) is 23.3 Å². The fourth-order valence-corrected chi connectivity index (χ4v) is 2.59. The van der Waals surface area contributed by atoms with Gasteiger partial charge in [0.2, 0.25) is 0 Å². The maximum Gasteiger partial charge on any atom is 0.259 e. The van der Waals surface area contributed by atoms with Crippen LogP contribution in [0.15, 0.2) is 4.52 Å². The lowest BCUT2D eigenvalue weighted by atomic mass is 10.1. The number of aryl methyl sites for hydroxylation is 3. The molecule has 8 nitrogen and oxygen atoms in total. The zero-order valence-electron chi connectivity index (χ0n) is 12.9. The van der Waals surface area contributed by atoms with E-state index in [0.717, 1.165) is 5.82 Å². The molecule has 1 aliphatic rings. The summed E-state index contributed by atoms with van der Waals surface area (Å²) < 4.78 is 10.8. The van der Waals surface area contributed by atoms with Gasteiger partial charge in [-0.05, 0) is 20.3 Å². The van der Waals surface area contributed by atoms with Crippen LogP contribution in [-0.4, -0.2) is 50.8 Å². The van der Waals surface area contributed by atoms with Gasteiger partial charge in [0.15, 0.2) is 5.82 Å². The van der Waals surface area contributed by atoms with E-state index in [2.05, 4.69) is 20.3 Å². The molecule has 0 bridgehead atoms. The summed E-state index contributed by atoms with van der Waals surface area (Å²) in [6.45, 7) is 6.95. The van der Waals surface area contributed by atoms with E-state index in [1.165, 1.54) is 0 Å². The highest BCUT2D eigenvalue weighted by Crippen LogP contribution is 2.23. The maximum atomic E-state index is 12.8. The van der Waals surface area contributed by atoms with Crippen LogP contribution < -0.4 is 0 Å². The average Bonchev–Trinajstić information content (AvgIpc) is 3.12. The first-order valence-corrected chi connectivity index (χ1v) is 7.35. The second-order valence-electron chi connectivity index (χ2n) is 5.30.